The van der Waals surface area contributed by atoms with E-state index in [1.54, 1.807) is 0 Å². The first-order valence-electron chi connectivity index (χ1n) is 7.64. The monoisotopic (exact) mass is 276 g/mol. The van der Waals surface area contributed by atoms with Crippen molar-refractivity contribution < 1.29 is 5.11 Å². The molecule has 0 spiro atoms. The lowest BCUT2D eigenvalue weighted by atomic mass is 9.98. The van der Waals surface area contributed by atoms with Crippen LogP contribution < -0.4 is 0 Å². The fourth-order valence-corrected chi connectivity index (χ4v) is 3.18. The molecule has 0 bridgehead atoms. The summed E-state index contributed by atoms with van der Waals surface area (Å²) in [5.74, 6) is 0. The van der Waals surface area contributed by atoms with Crippen LogP contribution >= 0.6 is 0 Å². The van der Waals surface area contributed by atoms with Crippen LogP contribution in [0.2, 0.25) is 0 Å². The average Bonchev–Trinajstić information content (AvgIpc) is 2.39. The summed E-state index contributed by atoms with van der Waals surface area (Å²) >= 11 is 0. The fourth-order valence-electron chi connectivity index (χ4n) is 3.18. The number of aliphatic hydroxyl groups is 1. The van der Waals surface area contributed by atoms with Gasteiger partial charge in [-0.2, -0.15) is 0 Å². The van der Waals surface area contributed by atoms with E-state index in [0.717, 1.165) is 32.6 Å². The lowest BCUT2D eigenvalue weighted by Crippen LogP contribution is -2.59. The number of nitrogens with zero attached hydrogens (tertiary/aromatic N) is 2. The maximum atomic E-state index is 9.33. The maximum absolute atomic E-state index is 9.33. The predicted octanol–water partition coefficient (Wildman–Crippen LogP) is 2.35. The molecule has 3 nitrogen and oxygen atoms in total. The van der Waals surface area contributed by atoms with E-state index in [0.29, 0.717) is 6.04 Å². The Hall–Kier alpha value is -0.900. The molecule has 1 aliphatic rings. The molecule has 0 amide bonds. The molecule has 1 fully saturated rings. The van der Waals surface area contributed by atoms with Crippen LogP contribution in [-0.2, 0) is 6.54 Å². The summed E-state index contributed by atoms with van der Waals surface area (Å²) in [7, 11) is 0. The van der Waals surface area contributed by atoms with Crippen LogP contribution in [0.25, 0.3) is 0 Å². The first-order chi connectivity index (χ1) is 9.50. The second kappa shape index (κ2) is 6.70. The Bertz CT molecular complexity index is 399. The van der Waals surface area contributed by atoms with Gasteiger partial charge in [-0.05, 0) is 32.8 Å². The minimum atomic E-state index is 0.179. The molecule has 3 heteroatoms. The van der Waals surface area contributed by atoms with Gasteiger partial charge in [0.1, 0.15) is 0 Å². The Kier molecular flexibility index (Phi) is 5.19. The van der Waals surface area contributed by atoms with Gasteiger partial charge in [0, 0.05) is 44.4 Å². The Morgan fingerprint density at radius 1 is 1.15 bits per heavy atom. The Labute approximate surface area is 123 Å². The van der Waals surface area contributed by atoms with Crippen LogP contribution in [0.1, 0.15) is 32.8 Å². The van der Waals surface area contributed by atoms with Gasteiger partial charge in [-0.25, -0.2) is 0 Å². The van der Waals surface area contributed by atoms with E-state index in [2.05, 4.69) is 60.9 Å². The number of hydrogen-bond acceptors (Lipinski definition) is 3. The van der Waals surface area contributed by atoms with Crippen LogP contribution in [0.4, 0.5) is 0 Å². The Balaban J connectivity index is 1.99. The number of benzene rings is 1. The van der Waals surface area contributed by atoms with Crippen molar-refractivity contribution in [2.75, 3.05) is 26.2 Å². The summed E-state index contributed by atoms with van der Waals surface area (Å²) in [5, 5.41) is 9.33. The fraction of sp³-hybridized carbons (Fsp3) is 0.647. The van der Waals surface area contributed by atoms with Crippen molar-refractivity contribution in [3.05, 3.63) is 35.9 Å². The summed E-state index contributed by atoms with van der Waals surface area (Å²) < 4.78 is 0. The first kappa shape index (κ1) is 15.5. The van der Waals surface area contributed by atoms with Crippen molar-refractivity contribution in [1.29, 1.82) is 0 Å². The van der Waals surface area contributed by atoms with Gasteiger partial charge in [-0.1, -0.05) is 30.3 Å². The quantitative estimate of drug-likeness (QED) is 0.914. The van der Waals surface area contributed by atoms with E-state index in [1.807, 2.05) is 0 Å². The molecular formula is C17H28N2O. The van der Waals surface area contributed by atoms with Crippen LogP contribution in [0.3, 0.4) is 0 Å². The Morgan fingerprint density at radius 2 is 1.85 bits per heavy atom. The maximum Gasteiger partial charge on any atom is 0.0446 e. The number of hydrogen-bond donors (Lipinski definition) is 1. The summed E-state index contributed by atoms with van der Waals surface area (Å²) in [4.78, 5) is 5.06. The minimum absolute atomic E-state index is 0.179. The highest BCUT2D eigenvalue weighted by Crippen LogP contribution is 2.23. The second-order valence-electron chi connectivity index (χ2n) is 6.75. The van der Waals surface area contributed by atoms with Crippen LogP contribution in [-0.4, -0.2) is 52.7 Å². The molecule has 1 saturated heterocycles. The third-order valence-corrected chi connectivity index (χ3v) is 4.14. The third-order valence-electron chi connectivity index (χ3n) is 4.14. The SMILES string of the molecule is CC(C)(C)N1CCN(Cc2ccccc2)C[C@H]1CCO. The van der Waals surface area contributed by atoms with Gasteiger partial charge in [-0.3, -0.25) is 9.80 Å². The number of rotatable bonds is 4. The van der Waals surface area contributed by atoms with Gasteiger partial charge in [-0.15, -0.1) is 0 Å². The van der Waals surface area contributed by atoms with E-state index in [1.165, 1.54) is 5.56 Å². The zero-order valence-corrected chi connectivity index (χ0v) is 13.0. The zero-order chi connectivity index (χ0) is 14.6. The van der Waals surface area contributed by atoms with Gasteiger partial charge in [0.05, 0.1) is 0 Å². The molecular weight excluding hydrogens is 248 g/mol. The lowest BCUT2D eigenvalue weighted by molar-refractivity contribution is -0.00243. The molecule has 1 aromatic carbocycles. The molecule has 0 aromatic heterocycles. The predicted molar refractivity (Wildman–Crippen MR) is 83.7 cm³/mol. The standard InChI is InChI=1S/C17H28N2O/c1-17(2,3)19-11-10-18(14-16(19)9-12-20)13-15-7-5-4-6-8-15/h4-8,16,20H,9-14H2,1-3H3/t16-/m1/s1. The van der Waals surface area contributed by atoms with E-state index in [9.17, 15) is 5.11 Å². The van der Waals surface area contributed by atoms with Crippen molar-refractivity contribution in [2.24, 2.45) is 0 Å². The molecule has 20 heavy (non-hydrogen) atoms. The van der Waals surface area contributed by atoms with Crippen LogP contribution in [0.5, 0.6) is 0 Å². The average molecular weight is 276 g/mol. The summed E-state index contributed by atoms with van der Waals surface area (Å²) in [6.45, 7) is 11.3. The van der Waals surface area contributed by atoms with Gasteiger partial charge in [0.2, 0.25) is 0 Å². The molecule has 112 valence electrons. The zero-order valence-electron chi connectivity index (χ0n) is 13.0. The molecule has 1 aliphatic heterocycles. The van der Waals surface area contributed by atoms with Crippen molar-refractivity contribution in [3.8, 4) is 0 Å². The summed E-state index contributed by atoms with van der Waals surface area (Å²) in [6.07, 6.45) is 0.864. The Morgan fingerprint density at radius 3 is 2.45 bits per heavy atom. The minimum Gasteiger partial charge on any atom is -0.396 e. The molecule has 0 aliphatic carbocycles. The number of aliphatic hydroxyl groups excluding tert-OH is 1. The molecule has 0 saturated carbocycles. The third kappa shape index (κ3) is 4.05. The highest BCUT2D eigenvalue weighted by atomic mass is 16.3. The van der Waals surface area contributed by atoms with E-state index in [-0.39, 0.29) is 12.1 Å². The van der Waals surface area contributed by atoms with E-state index in [4.69, 9.17) is 0 Å². The molecule has 0 radical (unpaired) electrons. The molecule has 1 N–H and O–H groups in total. The van der Waals surface area contributed by atoms with E-state index < -0.39 is 0 Å². The second-order valence-corrected chi connectivity index (χ2v) is 6.75. The van der Waals surface area contributed by atoms with Crippen LogP contribution in [0.15, 0.2) is 30.3 Å². The van der Waals surface area contributed by atoms with Crippen molar-refractivity contribution in [2.45, 2.75) is 45.3 Å². The molecule has 1 atom stereocenters. The van der Waals surface area contributed by atoms with Crippen molar-refractivity contribution in [3.63, 3.8) is 0 Å². The van der Waals surface area contributed by atoms with Gasteiger partial charge in [0.15, 0.2) is 0 Å². The summed E-state index contributed by atoms with van der Waals surface area (Å²) in [5.41, 5.74) is 1.55. The largest absolute Gasteiger partial charge is 0.396 e. The normalized spacial score (nSPS) is 22.1. The van der Waals surface area contributed by atoms with Crippen molar-refractivity contribution in [1.82, 2.24) is 9.80 Å². The molecule has 2 rings (SSSR count). The van der Waals surface area contributed by atoms with Gasteiger partial charge in [0.25, 0.3) is 0 Å². The van der Waals surface area contributed by atoms with Crippen LogP contribution in [0, 0.1) is 0 Å². The van der Waals surface area contributed by atoms with Gasteiger partial charge < -0.3 is 5.11 Å². The van der Waals surface area contributed by atoms with Gasteiger partial charge >= 0.3 is 0 Å². The van der Waals surface area contributed by atoms with Crippen molar-refractivity contribution >= 4 is 0 Å². The molecule has 1 aromatic rings. The lowest BCUT2D eigenvalue weighted by Gasteiger charge is -2.48. The first-order valence-corrected chi connectivity index (χ1v) is 7.64. The highest BCUT2D eigenvalue weighted by Gasteiger charge is 2.33. The summed E-state index contributed by atoms with van der Waals surface area (Å²) in [6, 6.07) is 11.1. The smallest absolute Gasteiger partial charge is 0.0446 e. The van der Waals surface area contributed by atoms with E-state index >= 15 is 0 Å². The topological polar surface area (TPSA) is 26.7 Å². The molecule has 0 unspecified atom stereocenters. The number of piperazine rings is 1. The molecule has 1 heterocycles. The highest BCUT2D eigenvalue weighted by molar-refractivity contribution is 5.14.